The number of nitrogens with zero attached hydrogens (tertiary/aromatic N) is 5. The van der Waals surface area contributed by atoms with Gasteiger partial charge in [-0.2, -0.15) is 5.10 Å². The largest absolute Gasteiger partial charge is 0.336 e. The van der Waals surface area contributed by atoms with Crippen LogP contribution in [0.4, 0.5) is 0 Å². The Balaban J connectivity index is 1.25. The number of amides is 1. The highest BCUT2D eigenvalue weighted by Gasteiger charge is 2.22. The van der Waals surface area contributed by atoms with Gasteiger partial charge in [0.1, 0.15) is 11.2 Å². The quantitative estimate of drug-likeness (QED) is 0.234. The number of hydrogen-bond acceptors (Lipinski definition) is 5. The third kappa shape index (κ3) is 4.90. The van der Waals surface area contributed by atoms with Crippen LogP contribution in [-0.2, 0) is 4.79 Å². The average Bonchev–Trinajstić information content (AvgIpc) is 3.74. The molecule has 0 unspecified atom stereocenters. The minimum Gasteiger partial charge on any atom is -0.336 e. The summed E-state index contributed by atoms with van der Waals surface area (Å²) in [5.41, 5.74) is 7.81. The van der Waals surface area contributed by atoms with Gasteiger partial charge in [-0.25, -0.2) is 9.97 Å². The van der Waals surface area contributed by atoms with Crippen molar-refractivity contribution in [1.82, 2.24) is 35.0 Å². The van der Waals surface area contributed by atoms with Crippen molar-refractivity contribution in [1.29, 1.82) is 0 Å². The molecule has 3 aromatic heterocycles. The number of H-pyrrole nitrogens is 2. The number of imidazole rings is 2. The predicted molar refractivity (Wildman–Crippen MR) is 154 cm³/mol. The normalized spacial score (nSPS) is 14.7. The number of aromatic nitrogens is 6. The van der Waals surface area contributed by atoms with Crippen LogP contribution in [0.25, 0.3) is 44.7 Å². The second-order valence-corrected chi connectivity index (χ2v) is 10.1. The Morgan fingerprint density at radius 2 is 2.05 bits per heavy atom. The molecule has 1 saturated carbocycles. The molecule has 6 rings (SSSR count). The van der Waals surface area contributed by atoms with Gasteiger partial charge in [0.25, 0.3) is 0 Å². The van der Waals surface area contributed by atoms with Crippen LogP contribution in [0, 0.1) is 12.8 Å². The zero-order valence-electron chi connectivity index (χ0n) is 22.0. The SMILES string of the molecule is C=C(C=N/C=C(\C)c1ccc2[nH]nc(-c3nc4c(-n5cnc(C)c5)cccc4[nH]3)c2c1)NC(=O)C1CCCC1. The molecule has 5 aromatic rings. The molecule has 3 N–H and O–H groups in total. The van der Waals surface area contributed by atoms with Gasteiger partial charge in [-0.1, -0.05) is 31.6 Å². The molecule has 0 radical (unpaired) electrons. The van der Waals surface area contributed by atoms with Crippen LogP contribution in [0.1, 0.15) is 43.9 Å². The number of allylic oxidation sites excluding steroid dienone is 2. The number of nitrogens with one attached hydrogen (secondary N) is 3. The first-order valence-electron chi connectivity index (χ1n) is 13.1. The van der Waals surface area contributed by atoms with Crippen molar-refractivity contribution < 1.29 is 4.79 Å². The van der Waals surface area contributed by atoms with Crippen LogP contribution in [0.15, 0.2) is 72.4 Å². The Bertz CT molecular complexity index is 1760. The molecule has 39 heavy (non-hydrogen) atoms. The van der Waals surface area contributed by atoms with E-state index in [2.05, 4.69) is 43.1 Å². The number of hydrogen-bond donors (Lipinski definition) is 3. The molecule has 0 bridgehead atoms. The lowest BCUT2D eigenvalue weighted by Crippen LogP contribution is -2.28. The van der Waals surface area contributed by atoms with Crippen molar-refractivity contribution >= 4 is 39.6 Å². The van der Waals surface area contributed by atoms with E-state index >= 15 is 0 Å². The second kappa shape index (κ2) is 10.2. The van der Waals surface area contributed by atoms with Crippen molar-refractivity contribution in [3.8, 4) is 17.2 Å². The summed E-state index contributed by atoms with van der Waals surface area (Å²) in [6.45, 7) is 7.89. The molecular weight excluding hydrogens is 488 g/mol. The lowest BCUT2D eigenvalue weighted by Gasteiger charge is -2.09. The Morgan fingerprint density at radius 3 is 2.85 bits per heavy atom. The third-order valence-corrected chi connectivity index (χ3v) is 7.23. The zero-order valence-corrected chi connectivity index (χ0v) is 22.0. The highest BCUT2D eigenvalue weighted by Crippen LogP contribution is 2.30. The number of carbonyl (C=O) groups is 1. The molecule has 1 aliphatic rings. The maximum Gasteiger partial charge on any atom is 0.227 e. The van der Waals surface area contributed by atoms with Gasteiger partial charge in [0.15, 0.2) is 5.82 Å². The van der Waals surface area contributed by atoms with E-state index in [1.54, 1.807) is 18.7 Å². The molecule has 1 amide bonds. The zero-order chi connectivity index (χ0) is 26.9. The maximum atomic E-state index is 12.3. The number of aliphatic imine (C=N–C) groups is 1. The summed E-state index contributed by atoms with van der Waals surface area (Å²) in [4.78, 5) is 29.4. The fraction of sp³-hybridized carbons (Fsp3) is 0.233. The number of para-hydroxylation sites is 1. The third-order valence-electron chi connectivity index (χ3n) is 7.23. The van der Waals surface area contributed by atoms with Gasteiger partial charge < -0.3 is 14.9 Å². The van der Waals surface area contributed by atoms with Crippen LogP contribution >= 0.6 is 0 Å². The van der Waals surface area contributed by atoms with Gasteiger partial charge in [0, 0.05) is 29.9 Å². The molecule has 1 aliphatic carbocycles. The fourth-order valence-corrected chi connectivity index (χ4v) is 5.12. The summed E-state index contributed by atoms with van der Waals surface area (Å²) in [6.07, 6.45) is 11.3. The van der Waals surface area contributed by atoms with Crippen molar-refractivity contribution in [3.05, 3.63) is 78.7 Å². The number of benzene rings is 2. The number of fused-ring (bicyclic) bond motifs is 2. The van der Waals surface area contributed by atoms with Crippen molar-refractivity contribution in [2.75, 3.05) is 0 Å². The molecule has 3 heterocycles. The van der Waals surface area contributed by atoms with Crippen molar-refractivity contribution in [2.24, 2.45) is 10.9 Å². The standard InChI is InChI=1S/C30H30N8O/c1-18(14-31-15-19(2)33-30(39)21-7-4-5-8-21)22-11-12-24-23(13-22)27(37-36-24)29-34-25-9-6-10-26(28(25)35-29)38-16-20(3)32-17-38/h6,9-17,21H,2,4-5,7-8H2,1,3H3,(H,33,39)(H,34,35)(H,36,37)/b18-14+,31-15?. The molecule has 9 nitrogen and oxygen atoms in total. The first-order chi connectivity index (χ1) is 19.0. The summed E-state index contributed by atoms with van der Waals surface area (Å²) in [5.74, 6) is 0.823. The lowest BCUT2D eigenvalue weighted by atomic mass is 10.1. The van der Waals surface area contributed by atoms with Crippen LogP contribution < -0.4 is 5.32 Å². The van der Waals surface area contributed by atoms with Crippen LogP contribution in [-0.4, -0.2) is 41.8 Å². The highest BCUT2D eigenvalue weighted by molar-refractivity contribution is 5.96. The first kappa shape index (κ1) is 24.5. The minimum atomic E-state index is 0.0421. The number of carbonyl (C=O) groups excluding carboxylic acids is 1. The predicted octanol–water partition coefficient (Wildman–Crippen LogP) is 5.85. The van der Waals surface area contributed by atoms with Crippen LogP contribution in [0.5, 0.6) is 0 Å². The van der Waals surface area contributed by atoms with Gasteiger partial charge in [0.05, 0.1) is 34.4 Å². The lowest BCUT2D eigenvalue weighted by molar-refractivity contribution is -0.123. The smallest absolute Gasteiger partial charge is 0.227 e. The van der Waals surface area contributed by atoms with E-state index in [1.807, 2.05) is 54.9 Å². The monoisotopic (exact) mass is 518 g/mol. The van der Waals surface area contributed by atoms with Crippen LogP contribution in [0.3, 0.4) is 0 Å². The van der Waals surface area contributed by atoms with Gasteiger partial charge in [-0.05, 0) is 62.1 Å². The highest BCUT2D eigenvalue weighted by atomic mass is 16.1. The van der Waals surface area contributed by atoms with Gasteiger partial charge in [0.2, 0.25) is 5.91 Å². The van der Waals surface area contributed by atoms with E-state index in [4.69, 9.17) is 4.98 Å². The minimum absolute atomic E-state index is 0.0421. The van der Waals surface area contributed by atoms with Gasteiger partial charge >= 0.3 is 0 Å². The summed E-state index contributed by atoms with van der Waals surface area (Å²) in [7, 11) is 0. The Morgan fingerprint density at radius 1 is 1.21 bits per heavy atom. The summed E-state index contributed by atoms with van der Waals surface area (Å²) >= 11 is 0. The van der Waals surface area contributed by atoms with Crippen molar-refractivity contribution in [3.63, 3.8) is 0 Å². The Labute approximate surface area is 225 Å². The molecule has 0 atom stereocenters. The van der Waals surface area contributed by atoms with Gasteiger partial charge in [-0.3, -0.25) is 14.9 Å². The van der Waals surface area contributed by atoms with Gasteiger partial charge in [-0.15, -0.1) is 0 Å². The molecule has 196 valence electrons. The van der Waals surface area contributed by atoms with E-state index < -0.39 is 0 Å². The number of aromatic amines is 2. The molecule has 1 fully saturated rings. The Kier molecular flexibility index (Phi) is 6.40. The van der Waals surface area contributed by atoms with Crippen LogP contribution in [0.2, 0.25) is 0 Å². The first-order valence-corrected chi connectivity index (χ1v) is 13.1. The molecule has 0 saturated heterocycles. The second-order valence-electron chi connectivity index (χ2n) is 10.1. The molecule has 0 aliphatic heterocycles. The number of aryl methyl sites for hydroxylation is 1. The fourth-order valence-electron chi connectivity index (χ4n) is 5.12. The average molecular weight is 519 g/mol. The molecule has 9 heteroatoms. The Hall–Kier alpha value is -4.79. The van der Waals surface area contributed by atoms with E-state index in [0.29, 0.717) is 11.5 Å². The summed E-state index contributed by atoms with van der Waals surface area (Å²) < 4.78 is 1.98. The molecule has 0 spiro atoms. The number of rotatable bonds is 7. The summed E-state index contributed by atoms with van der Waals surface area (Å²) in [6, 6.07) is 12.2. The van der Waals surface area contributed by atoms with E-state index in [-0.39, 0.29) is 11.8 Å². The van der Waals surface area contributed by atoms with Crippen molar-refractivity contribution in [2.45, 2.75) is 39.5 Å². The van der Waals surface area contributed by atoms with E-state index in [1.165, 1.54) is 0 Å². The summed E-state index contributed by atoms with van der Waals surface area (Å²) in [5, 5.41) is 11.5. The molecule has 2 aromatic carbocycles. The maximum absolute atomic E-state index is 12.3. The molecular formula is C30H30N8O. The topological polar surface area (TPSA) is 117 Å². The van der Waals surface area contributed by atoms with E-state index in [9.17, 15) is 4.79 Å². The van der Waals surface area contributed by atoms with E-state index in [0.717, 1.165) is 75.8 Å².